The molecule has 0 aliphatic heterocycles. The van der Waals surface area contributed by atoms with Crippen LogP contribution in [0.25, 0.3) is 0 Å². The average molecular weight is 538 g/mol. The van der Waals surface area contributed by atoms with Crippen molar-refractivity contribution >= 4 is 5.91 Å². The topological polar surface area (TPSA) is 69.6 Å². The summed E-state index contributed by atoms with van der Waals surface area (Å²) in [5, 5.41) is 22.3. The Morgan fingerprint density at radius 1 is 0.641 bits per heavy atom. The zero-order valence-electron chi connectivity index (χ0n) is 24.6. The Hall–Kier alpha value is -2.69. The molecule has 4 heteroatoms. The summed E-state index contributed by atoms with van der Waals surface area (Å²) in [5.74, 6) is -0.139. The summed E-state index contributed by atoms with van der Waals surface area (Å²) in [6, 6.07) is -0.654. The molecule has 0 aliphatic rings. The molecule has 0 saturated heterocycles. The van der Waals surface area contributed by atoms with Crippen LogP contribution in [0.3, 0.4) is 0 Å². The quantitative estimate of drug-likeness (QED) is 0.0855. The van der Waals surface area contributed by atoms with E-state index >= 15 is 0 Å². The predicted molar refractivity (Wildman–Crippen MR) is 170 cm³/mol. The van der Waals surface area contributed by atoms with E-state index in [0.717, 1.165) is 77.0 Å². The smallest absolute Gasteiger partial charge is 0.220 e. The predicted octanol–water partition coefficient (Wildman–Crippen LogP) is 8.39. The van der Waals surface area contributed by atoms with E-state index in [1.165, 1.54) is 0 Å². The molecule has 0 fully saturated rings. The molecule has 0 radical (unpaired) electrons. The van der Waals surface area contributed by atoms with Gasteiger partial charge in [0.15, 0.2) is 0 Å². The van der Waals surface area contributed by atoms with Gasteiger partial charge in [0.05, 0.1) is 18.8 Å². The van der Waals surface area contributed by atoms with Crippen LogP contribution in [0.5, 0.6) is 0 Å². The number of carbonyl (C=O) groups is 1. The first-order valence-electron chi connectivity index (χ1n) is 15.0. The normalized spacial score (nSPS) is 14.7. The van der Waals surface area contributed by atoms with Crippen LogP contribution in [0.15, 0.2) is 97.2 Å². The monoisotopic (exact) mass is 537 g/mol. The zero-order chi connectivity index (χ0) is 28.7. The van der Waals surface area contributed by atoms with Crippen LogP contribution >= 0.6 is 0 Å². The summed E-state index contributed by atoms with van der Waals surface area (Å²) < 4.78 is 0. The number of hydrogen-bond acceptors (Lipinski definition) is 3. The van der Waals surface area contributed by atoms with Crippen molar-refractivity contribution in [1.82, 2.24) is 5.32 Å². The highest BCUT2D eigenvalue weighted by Gasteiger charge is 2.17. The summed E-state index contributed by atoms with van der Waals surface area (Å²) >= 11 is 0. The Morgan fingerprint density at radius 2 is 1.08 bits per heavy atom. The number of unbranched alkanes of at least 4 members (excludes halogenated alkanes) is 3. The number of carbonyl (C=O) groups excluding carboxylic acids is 1. The fourth-order valence-corrected chi connectivity index (χ4v) is 3.50. The van der Waals surface area contributed by atoms with Crippen LogP contribution in [0.4, 0.5) is 0 Å². The van der Waals surface area contributed by atoms with E-state index in [2.05, 4.69) is 104 Å². The van der Waals surface area contributed by atoms with Crippen molar-refractivity contribution in [3.05, 3.63) is 97.2 Å². The van der Waals surface area contributed by atoms with Crippen LogP contribution in [0.1, 0.15) is 97.3 Å². The van der Waals surface area contributed by atoms with E-state index < -0.39 is 12.1 Å². The van der Waals surface area contributed by atoms with Crippen LogP contribution in [0.2, 0.25) is 0 Å². The Balaban J connectivity index is 3.80. The van der Waals surface area contributed by atoms with E-state index in [-0.39, 0.29) is 12.5 Å². The highest BCUT2D eigenvalue weighted by atomic mass is 16.3. The molecule has 0 aromatic heterocycles. The third kappa shape index (κ3) is 26.7. The lowest BCUT2D eigenvalue weighted by molar-refractivity contribution is -0.122. The number of aliphatic hydroxyl groups is 2. The Labute approximate surface area is 239 Å². The number of amides is 1. The fraction of sp³-hybridized carbons (Fsp3) is 0.514. The molecule has 0 aromatic carbocycles. The van der Waals surface area contributed by atoms with E-state index in [0.29, 0.717) is 6.42 Å². The van der Waals surface area contributed by atoms with Crippen molar-refractivity contribution in [3.63, 3.8) is 0 Å². The molecule has 0 aromatic rings. The van der Waals surface area contributed by atoms with Crippen LogP contribution in [0, 0.1) is 0 Å². The van der Waals surface area contributed by atoms with E-state index in [4.69, 9.17) is 0 Å². The number of allylic oxidation sites excluding steroid dienone is 15. The first-order valence-corrected chi connectivity index (χ1v) is 15.0. The lowest BCUT2D eigenvalue weighted by Gasteiger charge is -2.19. The number of nitrogens with one attached hydrogen (secondary N) is 1. The molecule has 3 N–H and O–H groups in total. The third-order valence-electron chi connectivity index (χ3n) is 5.82. The van der Waals surface area contributed by atoms with Crippen molar-refractivity contribution in [2.45, 2.75) is 109 Å². The van der Waals surface area contributed by atoms with Gasteiger partial charge in [-0.15, -0.1) is 0 Å². The summed E-state index contributed by atoms with van der Waals surface area (Å²) in [7, 11) is 0. The molecule has 2 atom stereocenters. The van der Waals surface area contributed by atoms with Crippen LogP contribution in [-0.4, -0.2) is 34.9 Å². The van der Waals surface area contributed by atoms with Crippen LogP contribution < -0.4 is 5.32 Å². The van der Waals surface area contributed by atoms with Gasteiger partial charge in [-0.1, -0.05) is 124 Å². The standard InChI is InChI=1S/C35H55NO3/c1-3-5-7-9-10-11-12-13-14-15-16-17-18-19-20-21-22-23-24-25-26-27-29-31-35(39)36-33(32-37)34(38)30-28-8-6-4-2/h5,7,10-11,13-14,16-17,19-20,22-23,25-26,28,30,33-34,37-38H,3-4,6,8-9,12,15,18,21,24,27,29,31-32H2,1-2H3,(H,36,39)/b7-5-,11-10-,14-13-,17-16-,20-19-,23-22-,26-25-,30-28+. The van der Waals surface area contributed by atoms with Gasteiger partial charge in [0, 0.05) is 6.42 Å². The molecule has 1 amide bonds. The minimum atomic E-state index is -0.864. The molecule has 39 heavy (non-hydrogen) atoms. The van der Waals surface area contributed by atoms with Gasteiger partial charge >= 0.3 is 0 Å². The van der Waals surface area contributed by atoms with Crippen molar-refractivity contribution in [2.24, 2.45) is 0 Å². The van der Waals surface area contributed by atoms with Crippen molar-refractivity contribution < 1.29 is 15.0 Å². The van der Waals surface area contributed by atoms with Gasteiger partial charge in [-0.3, -0.25) is 4.79 Å². The molecular weight excluding hydrogens is 482 g/mol. The first kappa shape index (κ1) is 36.3. The maximum Gasteiger partial charge on any atom is 0.220 e. The lowest BCUT2D eigenvalue weighted by Crippen LogP contribution is -2.45. The van der Waals surface area contributed by atoms with E-state index in [1.807, 2.05) is 6.08 Å². The van der Waals surface area contributed by atoms with Gasteiger partial charge in [0.2, 0.25) is 5.91 Å². The molecule has 0 rings (SSSR count). The average Bonchev–Trinajstić information content (AvgIpc) is 2.94. The van der Waals surface area contributed by atoms with Gasteiger partial charge in [-0.2, -0.15) is 0 Å². The molecule has 0 spiro atoms. The van der Waals surface area contributed by atoms with Crippen molar-refractivity contribution in [2.75, 3.05) is 6.61 Å². The molecule has 0 saturated carbocycles. The minimum Gasteiger partial charge on any atom is -0.394 e. The fourth-order valence-electron chi connectivity index (χ4n) is 3.50. The summed E-state index contributed by atoms with van der Waals surface area (Å²) in [5.41, 5.74) is 0. The van der Waals surface area contributed by atoms with Gasteiger partial charge in [-0.05, 0) is 64.2 Å². The highest BCUT2D eigenvalue weighted by molar-refractivity contribution is 5.76. The van der Waals surface area contributed by atoms with Gasteiger partial charge in [0.1, 0.15) is 0 Å². The molecule has 218 valence electrons. The summed E-state index contributed by atoms with van der Waals surface area (Å²) in [4.78, 5) is 12.1. The second-order valence-corrected chi connectivity index (χ2v) is 9.43. The van der Waals surface area contributed by atoms with Crippen molar-refractivity contribution in [1.29, 1.82) is 0 Å². The minimum absolute atomic E-state index is 0.139. The Morgan fingerprint density at radius 3 is 1.51 bits per heavy atom. The molecule has 4 nitrogen and oxygen atoms in total. The molecule has 2 unspecified atom stereocenters. The zero-order valence-corrected chi connectivity index (χ0v) is 24.6. The first-order chi connectivity index (χ1) is 19.2. The molecule has 0 bridgehead atoms. The van der Waals surface area contributed by atoms with Crippen LogP contribution in [-0.2, 0) is 4.79 Å². The lowest BCUT2D eigenvalue weighted by atomic mass is 10.1. The maximum atomic E-state index is 12.1. The number of aliphatic hydroxyl groups excluding tert-OH is 2. The highest BCUT2D eigenvalue weighted by Crippen LogP contribution is 2.03. The second kappa shape index (κ2) is 29.9. The van der Waals surface area contributed by atoms with E-state index in [1.54, 1.807) is 6.08 Å². The molecular formula is C35H55NO3. The number of rotatable bonds is 24. The number of hydrogen-bond donors (Lipinski definition) is 3. The molecule has 0 heterocycles. The molecule has 0 aliphatic carbocycles. The Kier molecular flexibility index (Phi) is 27.8. The largest absolute Gasteiger partial charge is 0.394 e. The van der Waals surface area contributed by atoms with E-state index in [9.17, 15) is 15.0 Å². The second-order valence-electron chi connectivity index (χ2n) is 9.43. The van der Waals surface area contributed by atoms with Gasteiger partial charge in [-0.25, -0.2) is 0 Å². The summed E-state index contributed by atoms with van der Waals surface area (Å²) in [6.07, 6.45) is 45.2. The summed E-state index contributed by atoms with van der Waals surface area (Å²) in [6.45, 7) is 3.98. The van der Waals surface area contributed by atoms with Crippen molar-refractivity contribution in [3.8, 4) is 0 Å². The van der Waals surface area contributed by atoms with Gasteiger partial charge in [0.25, 0.3) is 0 Å². The maximum absolute atomic E-state index is 12.1. The SMILES string of the molecule is CC/C=C\C/C=C\C/C=C\C/C=C\C/C=C\C/C=C\C/C=C\CCCC(=O)NC(CO)C(O)/C=C/CCCC. The van der Waals surface area contributed by atoms with Gasteiger partial charge < -0.3 is 15.5 Å². The Bertz CT molecular complexity index is 799. The third-order valence-corrected chi connectivity index (χ3v) is 5.82.